The first kappa shape index (κ1) is 11.3. The van der Waals surface area contributed by atoms with Gasteiger partial charge in [0.25, 0.3) is 0 Å². The molecule has 1 unspecified atom stereocenters. The predicted molar refractivity (Wildman–Crippen MR) is 56.0 cm³/mol. The number of phenols is 1. The van der Waals surface area contributed by atoms with Gasteiger partial charge in [0.1, 0.15) is 6.10 Å². The summed E-state index contributed by atoms with van der Waals surface area (Å²) in [6.45, 7) is 1.78. The van der Waals surface area contributed by atoms with Crippen LogP contribution in [0, 0.1) is 0 Å². The van der Waals surface area contributed by atoms with Crippen molar-refractivity contribution in [1.29, 1.82) is 0 Å². The van der Waals surface area contributed by atoms with Gasteiger partial charge < -0.3 is 9.84 Å². The van der Waals surface area contributed by atoms with Crippen LogP contribution in [0.25, 0.3) is 0 Å². The average molecular weight is 262 g/mol. The molecule has 0 amide bonds. The highest BCUT2D eigenvalue weighted by Crippen LogP contribution is 2.39. The Kier molecular flexibility index (Phi) is 3.74. The number of benzene rings is 1. The van der Waals surface area contributed by atoms with Gasteiger partial charge in [-0.05, 0) is 28.9 Å². The molecule has 0 fully saturated rings. The van der Waals surface area contributed by atoms with Crippen LogP contribution in [0.2, 0.25) is 0 Å². The highest BCUT2D eigenvalue weighted by atomic mass is 79.9. The number of nitrogens with two attached hydrogens (primary N) is 1. The maximum Gasteiger partial charge on any atom is 0.172 e. The maximum atomic E-state index is 9.65. The van der Waals surface area contributed by atoms with Crippen molar-refractivity contribution in [2.45, 2.75) is 13.0 Å². The lowest BCUT2D eigenvalue weighted by Gasteiger charge is -2.13. The number of phenolic OH excluding ortho intramolecular Hbond substituents is 1. The molecule has 0 radical (unpaired) electrons. The Labute approximate surface area is 90.7 Å². The Morgan fingerprint density at radius 3 is 2.64 bits per heavy atom. The average Bonchev–Trinajstić information content (AvgIpc) is 2.21. The smallest absolute Gasteiger partial charge is 0.172 e. The van der Waals surface area contributed by atoms with Gasteiger partial charge in [0.05, 0.1) is 11.6 Å². The van der Waals surface area contributed by atoms with E-state index in [0.717, 1.165) is 5.56 Å². The third-order valence-electron chi connectivity index (χ3n) is 1.97. The standard InChI is InChI=1S/C9H12BrNO3/c1-5(14-11)6-3-4-7(13-2)9(12)8(6)10/h3-5,12H,11H2,1-2H3. The van der Waals surface area contributed by atoms with Crippen molar-refractivity contribution in [2.24, 2.45) is 5.90 Å². The molecule has 1 aromatic carbocycles. The second-order valence-electron chi connectivity index (χ2n) is 2.80. The van der Waals surface area contributed by atoms with Gasteiger partial charge in [0.15, 0.2) is 11.5 Å². The van der Waals surface area contributed by atoms with Crippen molar-refractivity contribution in [2.75, 3.05) is 7.11 Å². The molecule has 78 valence electrons. The van der Waals surface area contributed by atoms with Gasteiger partial charge >= 0.3 is 0 Å². The molecular weight excluding hydrogens is 250 g/mol. The highest BCUT2D eigenvalue weighted by Gasteiger charge is 2.15. The second-order valence-corrected chi connectivity index (χ2v) is 3.59. The third kappa shape index (κ3) is 2.00. The topological polar surface area (TPSA) is 64.7 Å². The van der Waals surface area contributed by atoms with Gasteiger partial charge in [0.2, 0.25) is 0 Å². The van der Waals surface area contributed by atoms with Crippen LogP contribution in [0.4, 0.5) is 0 Å². The Morgan fingerprint density at radius 2 is 2.14 bits per heavy atom. The molecule has 1 rings (SSSR count). The summed E-state index contributed by atoms with van der Waals surface area (Å²) in [7, 11) is 1.49. The van der Waals surface area contributed by atoms with Crippen molar-refractivity contribution in [3.05, 3.63) is 22.2 Å². The summed E-state index contributed by atoms with van der Waals surface area (Å²) in [5.74, 6) is 5.52. The van der Waals surface area contributed by atoms with Crippen LogP contribution < -0.4 is 10.6 Å². The van der Waals surface area contributed by atoms with Crippen molar-refractivity contribution >= 4 is 15.9 Å². The summed E-state index contributed by atoms with van der Waals surface area (Å²) in [4.78, 5) is 4.66. The number of halogens is 1. The number of hydrogen-bond donors (Lipinski definition) is 2. The molecule has 0 aromatic heterocycles. The molecule has 0 spiro atoms. The number of ether oxygens (including phenoxy) is 1. The van der Waals surface area contributed by atoms with Crippen molar-refractivity contribution in [3.63, 3.8) is 0 Å². The van der Waals surface area contributed by atoms with E-state index in [4.69, 9.17) is 10.6 Å². The van der Waals surface area contributed by atoms with Gasteiger partial charge in [-0.1, -0.05) is 6.07 Å². The molecule has 0 aliphatic carbocycles. The van der Waals surface area contributed by atoms with Crippen LogP contribution >= 0.6 is 15.9 Å². The zero-order valence-corrected chi connectivity index (χ0v) is 9.54. The predicted octanol–water partition coefficient (Wildman–Crippen LogP) is 2.11. The fraction of sp³-hybridized carbons (Fsp3) is 0.333. The van der Waals surface area contributed by atoms with Crippen LogP contribution in [-0.4, -0.2) is 12.2 Å². The normalized spacial score (nSPS) is 12.6. The SMILES string of the molecule is COc1ccc(C(C)ON)c(Br)c1O. The molecule has 0 aliphatic rings. The molecule has 1 atom stereocenters. The number of rotatable bonds is 3. The summed E-state index contributed by atoms with van der Waals surface area (Å²) in [5, 5.41) is 9.65. The monoisotopic (exact) mass is 261 g/mol. The first-order valence-corrected chi connectivity index (χ1v) is 4.82. The molecule has 14 heavy (non-hydrogen) atoms. The number of aromatic hydroxyl groups is 1. The lowest BCUT2D eigenvalue weighted by molar-refractivity contribution is 0.0657. The summed E-state index contributed by atoms with van der Waals surface area (Å²) in [5.41, 5.74) is 0.769. The van der Waals surface area contributed by atoms with Crippen LogP contribution in [-0.2, 0) is 4.84 Å². The van der Waals surface area contributed by atoms with Crippen molar-refractivity contribution < 1.29 is 14.7 Å². The largest absolute Gasteiger partial charge is 0.503 e. The van der Waals surface area contributed by atoms with E-state index in [-0.39, 0.29) is 11.9 Å². The minimum atomic E-state index is -0.291. The summed E-state index contributed by atoms with van der Waals surface area (Å²) in [6, 6.07) is 3.44. The number of methoxy groups -OCH3 is 1. The molecule has 0 saturated carbocycles. The van der Waals surface area contributed by atoms with Gasteiger partial charge in [0, 0.05) is 5.56 Å². The van der Waals surface area contributed by atoms with Gasteiger partial charge in [-0.15, -0.1) is 0 Å². The van der Waals surface area contributed by atoms with E-state index < -0.39 is 0 Å². The van der Waals surface area contributed by atoms with E-state index in [0.29, 0.717) is 10.2 Å². The molecule has 3 N–H and O–H groups in total. The minimum Gasteiger partial charge on any atom is -0.503 e. The van der Waals surface area contributed by atoms with Crippen LogP contribution in [0.5, 0.6) is 11.5 Å². The van der Waals surface area contributed by atoms with E-state index in [9.17, 15) is 5.11 Å². The van der Waals surface area contributed by atoms with E-state index in [2.05, 4.69) is 20.8 Å². The maximum absolute atomic E-state index is 9.65. The van der Waals surface area contributed by atoms with E-state index >= 15 is 0 Å². The molecule has 1 aromatic rings. The Bertz CT molecular complexity index is 330. The Balaban J connectivity index is 3.17. The van der Waals surface area contributed by atoms with Gasteiger partial charge in [-0.2, -0.15) is 0 Å². The fourth-order valence-electron chi connectivity index (χ4n) is 1.11. The summed E-state index contributed by atoms with van der Waals surface area (Å²) >= 11 is 3.25. The molecular formula is C9H12BrNO3. The molecule has 4 nitrogen and oxygen atoms in total. The first-order valence-electron chi connectivity index (χ1n) is 4.02. The molecule has 0 bridgehead atoms. The minimum absolute atomic E-state index is 0.0499. The molecule has 5 heteroatoms. The fourth-order valence-corrected chi connectivity index (χ4v) is 1.76. The third-order valence-corrected chi connectivity index (χ3v) is 2.80. The van der Waals surface area contributed by atoms with Crippen LogP contribution in [0.1, 0.15) is 18.6 Å². The lowest BCUT2D eigenvalue weighted by Crippen LogP contribution is -2.06. The van der Waals surface area contributed by atoms with E-state index in [1.807, 2.05) is 0 Å². The summed E-state index contributed by atoms with van der Waals surface area (Å²) < 4.78 is 5.48. The van der Waals surface area contributed by atoms with Gasteiger partial charge in [-0.25, -0.2) is 5.90 Å². The quantitative estimate of drug-likeness (QED) is 0.819. The molecule has 0 saturated heterocycles. The highest BCUT2D eigenvalue weighted by molar-refractivity contribution is 9.10. The molecule has 0 heterocycles. The molecule has 0 aliphatic heterocycles. The Hall–Kier alpha value is -0.780. The lowest BCUT2D eigenvalue weighted by atomic mass is 10.1. The zero-order chi connectivity index (χ0) is 10.7. The summed E-state index contributed by atoms with van der Waals surface area (Å²) in [6.07, 6.45) is -0.291. The van der Waals surface area contributed by atoms with Crippen molar-refractivity contribution in [1.82, 2.24) is 0 Å². The zero-order valence-electron chi connectivity index (χ0n) is 7.95. The first-order chi connectivity index (χ1) is 6.61. The second kappa shape index (κ2) is 4.63. The number of hydrogen-bond acceptors (Lipinski definition) is 4. The van der Waals surface area contributed by atoms with E-state index in [1.54, 1.807) is 19.1 Å². The van der Waals surface area contributed by atoms with Gasteiger partial charge in [-0.3, -0.25) is 4.84 Å². The van der Waals surface area contributed by atoms with Crippen LogP contribution in [0.3, 0.4) is 0 Å². The van der Waals surface area contributed by atoms with E-state index in [1.165, 1.54) is 7.11 Å². The van der Waals surface area contributed by atoms with Crippen LogP contribution in [0.15, 0.2) is 16.6 Å². The van der Waals surface area contributed by atoms with Crippen molar-refractivity contribution in [3.8, 4) is 11.5 Å². The Morgan fingerprint density at radius 1 is 1.50 bits per heavy atom.